The van der Waals surface area contributed by atoms with E-state index < -0.39 is 6.10 Å². The SMILES string of the molecule is CC/C=C\C/C=C\C/C=C\C/C=C\C/C=C\C/C=C\C/C=C\C/C=C\CCCCC(=O)OCC(COC(=O)CCCCCCCCCCCCC)OC(=O)CCCCCCC/C=C\CCCCCCCCC. The van der Waals surface area contributed by atoms with Gasteiger partial charge in [0.05, 0.1) is 0 Å². The van der Waals surface area contributed by atoms with E-state index in [1.165, 1.54) is 109 Å². The molecule has 0 amide bonds. The molecule has 6 nitrogen and oxygen atoms in total. The van der Waals surface area contributed by atoms with Crippen molar-refractivity contribution in [1.29, 1.82) is 0 Å². The Hall–Kier alpha value is -3.93. The quantitative estimate of drug-likeness (QED) is 0.0261. The highest BCUT2D eigenvalue weighted by Gasteiger charge is 2.19. The number of carbonyl (C=O) groups excluding carboxylic acids is 3. The molecule has 0 aliphatic rings. The average Bonchev–Trinajstić information content (AvgIpc) is 3.38. The van der Waals surface area contributed by atoms with Crippen molar-refractivity contribution in [2.24, 2.45) is 0 Å². The summed E-state index contributed by atoms with van der Waals surface area (Å²) in [5.74, 6) is -0.947. The second kappa shape index (κ2) is 59.6. The second-order valence-corrected chi connectivity index (χ2v) is 19.5. The summed E-state index contributed by atoms with van der Waals surface area (Å²) in [6.07, 6.45) is 80.9. The van der Waals surface area contributed by atoms with Gasteiger partial charge in [-0.15, -0.1) is 0 Å². The largest absolute Gasteiger partial charge is 0.462 e. The Morgan fingerprint density at radius 3 is 0.889 bits per heavy atom. The molecule has 6 heteroatoms. The van der Waals surface area contributed by atoms with Gasteiger partial charge in [0, 0.05) is 19.3 Å². The Labute approximate surface area is 444 Å². The molecule has 0 radical (unpaired) electrons. The maximum atomic E-state index is 12.8. The van der Waals surface area contributed by atoms with Crippen LogP contribution in [0.2, 0.25) is 0 Å². The van der Waals surface area contributed by atoms with Gasteiger partial charge in [0.15, 0.2) is 6.10 Å². The van der Waals surface area contributed by atoms with Crippen LogP contribution in [0.1, 0.15) is 271 Å². The lowest BCUT2D eigenvalue weighted by atomic mass is 10.1. The molecule has 0 aliphatic carbocycles. The lowest BCUT2D eigenvalue weighted by Crippen LogP contribution is -2.30. The van der Waals surface area contributed by atoms with E-state index >= 15 is 0 Å². The van der Waals surface area contributed by atoms with E-state index in [1.54, 1.807) is 0 Å². The van der Waals surface area contributed by atoms with Gasteiger partial charge in [-0.05, 0) is 109 Å². The highest BCUT2D eigenvalue weighted by molar-refractivity contribution is 5.71. The van der Waals surface area contributed by atoms with Crippen molar-refractivity contribution in [1.82, 2.24) is 0 Å². The molecule has 0 saturated heterocycles. The van der Waals surface area contributed by atoms with E-state index in [0.29, 0.717) is 19.3 Å². The lowest BCUT2D eigenvalue weighted by Gasteiger charge is -2.18. The van der Waals surface area contributed by atoms with Gasteiger partial charge in [-0.2, -0.15) is 0 Å². The van der Waals surface area contributed by atoms with E-state index in [4.69, 9.17) is 14.2 Å². The highest BCUT2D eigenvalue weighted by Crippen LogP contribution is 2.15. The molecule has 0 aromatic heterocycles. The molecular formula is C66H110O6. The fraction of sp³-hybridized carbons (Fsp3) is 0.682. The predicted octanol–water partition coefficient (Wildman–Crippen LogP) is 20.3. The summed E-state index contributed by atoms with van der Waals surface area (Å²) >= 11 is 0. The Balaban J connectivity index is 4.40. The minimum absolute atomic E-state index is 0.0943. The molecular weight excluding hydrogens is 889 g/mol. The van der Waals surface area contributed by atoms with Gasteiger partial charge in [-0.1, -0.05) is 252 Å². The van der Waals surface area contributed by atoms with Crippen LogP contribution in [0.3, 0.4) is 0 Å². The maximum absolute atomic E-state index is 12.8. The lowest BCUT2D eigenvalue weighted by molar-refractivity contribution is -0.167. The number of esters is 3. The van der Waals surface area contributed by atoms with Crippen LogP contribution in [0.15, 0.2) is 109 Å². The minimum Gasteiger partial charge on any atom is -0.462 e. The van der Waals surface area contributed by atoms with Gasteiger partial charge >= 0.3 is 17.9 Å². The first-order chi connectivity index (χ1) is 35.5. The van der Waals surface area contributed by atoms with E-state index in [9.17, 15) is 14.4 Å². The molecule has 410 valence electrons. The zero-order valence-corrected chi connectivity index (χ0v) is 46.9. The number of hydrogen-bond donors (Lipinski definition) is 0. The van der Waals surface area contributed by atoms with E-state index in [2.05, 4.69) is 130 Å². The van der Waals surface area contributed by atoms with E-state index in [1.807, 2.05) is 0 Å². The molecule has 0 fully saturated rings. The highest BCUT2D eigenvalue weighted by atomic mass is 16.6. The molecule has 0 spiro atoms. The molecule has 0 aromatic carbocycles. The molecule has 0 rings (SSSR count). The third-order valence-corrected chi connectivity index (χ3v) is 12.5. The normalized spacial score (nSPS) is 12.9. The van der Waals surface area contributed by atoms with Crippen LogP contribution in [0.25, 0.3) is 0 Å². The number of ether oxygens (including phenoxy) is 3. The van der Waals surface area contributed by atoms with Crippen LogP contribution in [-0.2, 0) is 28.6 Å². The Kier molecular flexibility index (Phi) is 56.4. The summed E-state index contributed by atoms with van der Waals surface area (Å²) in [7, 11) is 0. The standard InChI is InChI=1S/C66H110O6/c1-4-7-10-13-16-19-22-24-26-28-29-30-31-32-33-34-35-36-37-38-40-41-44-47-50-53-56-59-65(68)71-62-63(61-70-64(67)58-55-52-49-46-43-21-18-15-12-9-6-3)72-66(69)60-57-54-51-48-45-42-39-27-25-23-20-17-14-11-8-5-2/h7,10,16,19,24,26-27,29-30,32-33,35-36,38-40,44,47,63H,4-6,8-9,11-15,17-18,20-23,25,28,31,34,37,41-43,45-46,48-62H2,1-3H3/b10-7-,19-16-,26-24-,30-29-,33-32-,36-35-,39-27-,40-38-,47-44-. The van der Waals surface area contributed by atoms with Crippen LogP contribution in [0, 0.1) is 0 Å². The third kappa shape index (κ3) is 57.0. The summed E-state index contributed by atoms with van der Waals surface area (Å²) < 4.78 is 16.8. The topological polar surface area (TPSA) is 78.9 Å². The minimum atomic E-state index is -0.800. The molecule has 0 aromatic rings. The Morgan fingerprint density at radius 1 is 0.292 bits per heavy atom. The molecule has 72 heavy (non-hydrogen) atoms. The summed E-state index contributed by atoms with van der Waals surface area (Å²) in [5, 5.41) is 0. The number of unbranched alkanes of at least 4 members (excludes halogenated alkanes) is 24. The third-order valence-electron chi connectivity index (χ3n) is 12.5. The predicted molar refractivity (Wildman–Crippen MR) is 311 cm³/mol. The number of allylic oxidation sites excluding steroid dienone is 18. The van der Waals surface area contributed by atoms with E-state index in [0.717, 1.165) is 122 Å². The monoisotopic (exact) mass is 999 g/mol. The van der Waals surface area contributed by atoms with Crippen molar-refractivity contribution in [3.63, 3.8) is 0 Å². The van der Waals surface area contributed by atoms with Crippen molar-refractivity contribution in [3.05, 3.63) is 109 Å². The fourth-order valence-electron chi connectivity index (χ4n) is 8.04. The summed E-state index contributed by atoms with van der Waals surface area (Å²) in [6, 6.07) is 0. The fourth-order valence-corrected chi connectivity index (χ4v) is 8.04. The van der Waals surface area contributed by atoms with Crippen molar-refractivity contribution < 1.29 is 28.6 Å². The smallest absolute Gasteiger partial charge is 0.306 e. The van der Waals surface area contributed by atoms with E-state index in [-0.39, 0.29) is 31.1 Å². The van der Waals surface area contributed by atoms with Crippen LogP contribution >= 0.6 is 0 Å². The van der Waals surface area contributed by atoms with Gasteiger partial charge in [0.2, 0.25) is 0 Å². The first-order valence-corrected chi connectivity index (χ1v) is 29.9. The van der Waals surface area contributed by atoms with Crippen molar-refractivity contribution in [2.75, 3.05) is 13.2 Å². The number of rotatable bonds is 53. The molecule has 0 bridgehead atoms. The van der Waals surface area contributed by atoms with Gasteiger partial charge in [-0.3, -0.25) is 14.4 Å². The van der Waals surface area contributed by atoms with Gasteiger partial charge < -0.3 is 14.2 Å². The first-order valence-electron chi connectivity index (χ1n) is 29.9. The zero-order chi connectivity index (χ0) is 52.2. The molecule has 1 atom stereocenters. The number of hydrogen-bond acceptors (Lipinski definition) is 6. The maximum Gasteiger partial charge on any atom is 0.306 e. The van der Waals surface area contributed by atoms with Gasteiger partial charge in [0.25, 0.3) is 0 Å². The summed E-state index contributed by atoms with van der Waals surface area (Å²) in [6.45, 7) is 6.48. The van der Waals surface area contributed by atoms with Crippen LogP contribution in [0.5, 0.6) is 0 Å². The molecule has 0 heterocycles. The molecule has 0 N–H and O–H groups in total. The zero-order valence-electron chi connectivity index (χ0n) is 46.9. The molecule has 0 saturated carbocycles. The van der Waals surface area contributed by atoms with Crippen molar-refractivity contribution in [2.45, 2.75) is 277 Å². The van der Waals surface area contributed by atoms with Crippen LogP contribution in [-0.4, -0.2) is 37.2 Å². The van der Waals surface area contributed by atoms with Gasteiger partial charge in [0.1, 0.15) is 13.2 Å². The van der Waals surface area contributed by atoms with Crippen LogP contribution < -0.4 is 0 Å². The van der Waals surface area contributed by atoms with Crippen molar-refractivity contribution in [3.8, 4) is 0 Å². The Morgan fingerprint density at radius 2 is 0.542 bits per heavy atom. The Bertz CT molecular complexity index is 1470. The van der Waals surface area contributed by atoms with Crippen molar-refractivity contribution >= 4 is 17.9 Å². The summed E-state index contributed by atoms with van der Waals surface area (Å²) in [4.78, 5) is 38.1. The molecule has 0 aliphatic heterocycles. The summed E-state index contributed by atoms with van der Waals surface area (Å²) in [5.41, 5.74) is 0. The number of carbonyl (C=O) groups is 3. The molecule has 1 unspecified atom stereocenters. The first kappa shape index (κ1) is 68.1. The second-order valence-electron chi connectivity index (χ2n) is 19.5. The average molecular weight is 1000 g/mol. The van der Waals surface area contributed by atoms with Gasteiger partial charge in [-0.25, -0.2) is 0 Å². The van der Waals surface area contributed by atoms with Crippen LogP contribution in [0.4, 0.5) is 0 Å².